The zero-order chi connectivity index (χ0) is 15.9. The Morgan fingerprint density at radius 1 is 1.41 bits per heavy atom. The lowest BCUT2D eigenvalue weighted by Gasteiger charge is -2.09. The van der Waals surface area contributed by atoms with Gasteiger partial charge in [0.2, 0.25) is 0 Å². The fourth-order valence-corrected chi connectivity index (χ4v) is 2.57. The summed E-state index contributed by atoms with van der Waals surface area (Å²) in [6.45, 7) is 6.52. The molecule has 2 aromatic rings. The average molecular weight is 318 g/mol. The van der Waals surface area contributed by atoms with Crippen LogP contribution in [0.25, 0.3) is 0 Å². The zero-order valence-corrected chi connectivity index (χ0v) is 14.1. The fraction of sp³-hybridized carbons (Fsp3) is 0.412. The van der Waals surface area contributed by atoms with E-state index < -0.39 is 0 Å². The molecule has 1 aromatic carbocycles. The topological polar surface area (TPSA) is 51.2 Å². The molecule has 0 saturated carbocycles. The van der Waals surface area contributed by atoms with Crippen LogP contribution in [0.2, 0.25) is 0 Å². The number of rotatable bonds is 7. The summed E-state index contributed by atoms with van der Waals surface area (Å²) >= 11 is 1.44. The summed E-state index contributed by atoms with van der Waals surface area (Å²) in [5, 5.41) is 5.49. The number of amides is 1. The van der Waals surface area contributed by atoms with Gasteiger partial charge in [-0.25, -0.2) is 4.98 Å². The van der Waals surface area contributed by atoms with Crippen molar-refractivity contribution in [2.24, 2.45) is 0 Å². The molecule has 0 spiro atoms. The van der Waals surface area contributed by atoms with E-state index in [1.165, 1.54) is 16.9 Å². The van der Waals surface area contributed by atoms with E-state index in [0.717, 1.165) is 23.6 Å². The summed E-state index contributed by atoms with van der Waals surface area (Å²) < 4.78 is 5.75. The van der Waals surface area contributed by atoms with Gasteiger partial charge < -0.3 is 10.1 Å². The maximum Gasteiger partial charge on any atom is 0.270 e. The van der Waals surface area contributed by atoms with E-state index in [4.69, 9.17) is 4.74 Å². The Morgan fingerprint density at radius 2 is 2.23 bits per heavy atom. The first kappa shape index (κ1) is 16.5. The van der Waals surface area contributed by atoms with Gasteiger partial charge in [-0.1, -0.05) is 26.0 Å². The molecule has 1 atom stereocenters. The second-order valence-corrected chi connectivity index (χ2v) is 6.14. The highest BCUT2D eigenvalue weighted by molar-refractivity contribution is 7.09. The van der Waals surface area contributed by atoms with Gasteiger partial charge in [-0.05, 0) is 37.5 Å². The molecule has 118 valence electrons. The third-order valence-electron chi connectivity index (χ3n) is 3.44. The predicted molar refractivity (Wildman–Crippen MR) is 89.5 cm³/mol. The van der Waals surface area contributed by atoms with Gasteiger partial charge in [-0.15, -0.1) is 11.3 Å². The molecule has 1 heterocycles. The fourth-order valence-electron chi connectivity index (χ4n) is 1.88. The van der Waals surface area contributed by atoms with Gasteiger partial charge in [0.1, 0.15) is 23.1 Å². The quantitative estimate of drug-likeness (QED) is 0.844. The monoisotopic (exact) mass is 318 g/mol. The first-order valence-electron chi connectivity index (χ1n) is 7.59. The summed E-state index contributed by atoms with van der Waals surface area (Å²) in [4.78, 5) is 16.3. The van der Waals surface area contributed by atoms with Crippen molar-refractivity contribution in [2.45, 2.75) is 46.3 Å². The molecule has 0 saturated heterocycles. The lowest BCUT2D eigenvalue weighted by Crippen LogP contribution is -2.32. The maximum absolute atomic E-state index is 12.0. The van der Waals surface area contributed by atoms with Crippen molar-refractivity contribution in [3.63, 3.8) is 0 Å². The molecule has 0 unspecified atom stereocenters. The molecule has 0 aliphatic heterocycles. The number of nitrogens with zero attached hydrogens (tertiary/aromatic N) is 1. The third-order valence-corrected chi connectivity index (χ3v) is 4.27. The lowest BCUT2D eigenvalue weighted by atomic mass is 10.2. The van der Waals surface area contributed by atoms with Crippen molar-refractivity contribution in [1.29, 1.82) is 0 Å². The molecule has 1 amide bonds. The van der Waals surface area contributed by atoms with Gasteiger partial charge in [-0.2, -0.15) is 0 Å². The zero-order valence-electron chi connectivity index (χ0n) is 13.3. The first-order chi connectivity index (χ1) is 10.6. The largest absolute Gasteiger partial charge is 0.486 e. The number of benzene rings is 1. The molecule has 22 heavy (non-hydrogen) atoms. The van der Waals surface area contributed by atoms with Crippen LogP contribution in [-0.4, -0.2) is 16.9 Å². The predicted octanol–water partition coefficient (Wildman–Crippen LogP) is 3.81. The second kappa shape index (κ2) is 7.94. The molecule has 4 nitrogen and oxygen atoms in total. The van der Waals surface area contributed by atoms with Crippen LogP contribution in [0.5, 0.6) is 5.75 Å². The normalized spacial score (nSPS) is 12.0. The second-order valence-electron chi connectivity index (χ2n) is 5.20. The summed E-state index contributed by atoms with van der Waals surface area (Å²) in [6, 6.07) is 8.19. The van der Waals surface area contributed by atoms with Crippen LogP contribution in [0.15, 0.2) is 29.6 Å². The SMILES string of the molecule is CCc1cccc(OCc2nc(C(=O)N[C@H](C)CC)cs2)c1. The third kappa shape index (κ3) is 4.56. The Morgan fingerprint density at radius 3 is 2.95 bits per heavy atom. The Kier molecular flexibility index (Phi) is 5.95. The molecular weight excluding hydrogens is 296 g/mol. The standard InChI is InChI=1S/C17H22N2O2S/c1-4-12(3)18-17(20)15-11-22-16(19-15)10-21-14-8-6-7-13(5-2)9-14/h6-9,11-12H,4-5,10H2,1-3H3,(H,18,20)/t12-/m1/s1. The van der Waals surface area contributed by atoms with Crippen molar-refractivity contribution >= 4 is 17.2 Å². The van der Waals surface area contributed by atoms with Crippen LogP contribution >= 0.6 is 11.3 Å². The van der Waals surface area contributed by atoms with Gasteiger partial charge in [0, 0.05) is 11.4 Å². The van der Waals surface area contributed by atoms with Crippen LogP contribution in [0.4, 0.5) is 0 Å². The van der Waals surface area contributed by atoms with Gasteiger partial charge in [0.25, 0.3) is 5.91 Å². The molecule has 1 aromatic heterocycles. The van der Waals surface area contributed by atoms with Gasteiger partial charge >= 0.3 is 0 Å². The van der Waals surface area contributed by atoms with Crippen LogP contribution in [0.1, 0.15) is 48.3 Å². The minimum absolute atomic E-state index is 0.121. The minimum Gasteiger partial charge on any atom is -0.486 e. The number of thiazole rings is 1. The van der Waals surface area contributed by atoms with E-state index in [1.54, 1.807) is 5.38 Å². The van der Waals surface area contributed by atoms with E-state index in [2.05, 4.69) is 23.3 Å². The highest BCUT2D eigenvalue weighted by Crippen LogP contribution is 2.17. The molecule has 5 heteroatoms. The number of ether oxygens (including phenoxy) is 1. The number of nitrogens with one attached hydrogen (secondary N) is 1. The van der Waals surface area contributed by atoms with Gasteiger partial charge in [0.05, 0.1) is 0 Å². The molecular formula is C17H22N2O2S. The number of hydrogen-bond acceptors (Lipinski definition) is 4. The number of hydrogen-bond donors (Lipinski definition) is 1. The van der Waals surface area contributed by atoms with Crippen LogP contribution in [0.3, 0.4) is 0 Å². The van der Waals surface area contributed by atoms with E-state index >= 15 is 0 Å². The van der Waals surface area contributed by atoms with Crippen molar-refractivity contribution in [3.05, 3.63) is 45.9 Å². The van der Waals surface area contributed by atoms with Crippen LogP contribution in [0, 0.1) is 0 Å². The molecule has 0 fully saturated rings. The highest BCUT2D eigenvalue weighted by atomic mass is 32.1. The first-order valence-corrected chi connectivity index (χ1v) is 8.47. The smallest absolute Gasteiger partial charge is 0.270 e. The van der Waals surface area contributed by atoms with Crippen LogP contribution in [-0.2, 0) is 13.0 Å². The van der Waals surface area contributed by atoms with E-state index in [1.807, 2.05) is 32.0 Å². The lowest BCUT2D eigenvalue weighted by molar-refractivity contribution is 0.0934. The Hall–Kier alpha value is -1.88. The Labute approximate surface area is 135 Å². The Bertz CT molecular complexity index is 625. The summed E-state index contributed by atoms with van der Waals surface area (Å²) in [5.74, 6) is 0.713. The van der Waals surface area contributed by atoms with Crippen molar-refractivity contribution in [3.8, 4) is 5.75 Å². The van der Waals surface area contributed by atoms with Crippen LogP contribution < -0.4 is 10.1 Å². The average Bonchev–Trinajstić information content (AvgIpc) is 3.02. The summed E-state index contributed by atoms with van der Waals surface area (Å²) in [6.07, 6.45) is 1.88. The van der Waals surface area contributed by atoms with E-state index in [9.17, 15) is 4.79 Å². The minimum atomic E-state index is -0.121. The molecule has 0 bridgehead atoms. The molecule has 0 aliphatic carbocycles. The number of carbonyl (C=O) groups is 1. The van der Waals surface area contributed by atoms with Crippen molar-refractivity contribution in [1.82, 2.24) is 10.3 Å². The van der Waals surface area contributed by atoms with Gasteiger partial charge in [0.15, 0.2) is 0 Å². The van der Waals surface area contributed by atoms with Crippen molar-refractivity contribution in [2.75, 3.05) is 0 Å². The number of aromatic nitrogens is 1. The molecule has 2 rings (SSSR count). The highest BCUT2D eigenvalue weighted by Gasteiger charge is 2.12. The summed E-state index contributed by atoms with van der Waals surface area (Å²) in [7, 11) is 0. The molecule has 0 aliphatic rings. The molecule has 1 N–H and O–H groups in total. The number of carbonyl (C=O) groups excluding carboxylic acids is 1. The van der Waals surface area contributed by atoms with Gasteiger partial charge in [-0.3, -0.25) is 4.79 Å². The van der Waals surface area contributed by atoms with E-state index in [0.29, 0.717) is 12.3 Å². The summed E-state index contributed by atoms with van der Waals surface area (Å²) in [5.41, 5.74) is 1.71. The number of aryl methyl sites for hydroxylation is 1. The van der Waals surface area contributed by atoms with Crippen molar-refractivity contribution < 1.29 is 9.53 Å². The van der Waals surface area contributed by atoms with E-state index in [-0.39, 0.29) is 11.9 Å². The molecule has 0 radical (unpaired) electrons. The maximum atomic E-state index is 12.0. The Balaban J connectivity index is 1.93.